The minimum absolute atomic E-state index is 0.457. The largest absolute Gasteiger partial charge is 0.497 e. The van der Waals surface area contributed by atoms with Crippen molar-refractivity contribution in [2.24, 2.45) is 5.92 Å². The molecule has 0 saturated heterocycles. The first-order valence-electron chi connectivity index (χ1n) is 6.33. The highest BCUT2D eigenvalue weighted by Crippen LogP contribution is 2.40. The number of benzene rings is 1. The molecule has 3 heteroatoms. The molecule has 0 radical (unpaired) electrons. The van der Waals surface area contributed by atoms with Gasteiger partial charge >= 0.3 is 0 Å². The van der Waals surface area contributed by atoms with Gasteiger partial charge in [-0.3, -0.25) is 0 Å². The van der Waals surface area contributed by atoms with E-state index in [0.29, 0.717) is 6.04 Å². The first-order chi connectivity index (χ1) is 8.26. The number of ether oxygens (including phenoxy) is 1. The molecular weight excluding hydrogens is 278 g/mol. The Labute approximate surface area is 112 Å². The summed E-state index contributed by atoms with van der Waals surface area (Å²) in [6.45, 7) is 3.17. The fraction of sp³-hybridized carbons (Fsp3) is 0.571. The summed E-state index contributed by atoms with van der Waals surface area (Å²) in [5.74, 6) is 1.71. The zero-order chi connectivity index (χ0) is 12.3. The first kappa shape index (κ1) is 12.9. The van der Waals surface area contributed by atoms with Crippen LogP contribution in [0.5, 0.6) is 5.75 Å². The van der Waals surface area contributed by atoms with Crippen LogP contribution >= 0.6 is 15.9 Å². The van der Waals surface area contributed by atoms with Gasteiger partial charge in [-0.05, 0) is 49.1 Å². The van der Waals surface area contributed by atoms with E-state index in [1.54, 1.807) is 7.11 Å². The van der Waals surface area contributed by atoms with Crippen molar-refractivity contribution in [1.29, 1.82) is 0 Å². The van der Waals surface area contributed by atoms with Gasteiger partial charge < -0.3 is 10.1 Å². The Morgan fingerprint density at radius 1 is 1.47 bits per heavy atom. The van der Waals surface area contributed by atoms with Crippen LogP contribution < -0.4 is 10.1 Å². The molecule has 0 aliphatic heterocycles. The van der Waals surface area contributed by atoms with Crippen molar-refractivity contribution in [3.8, 4) is 5.75 Å². The lowest BCUT2D eigenvalue weighted by atomic mass is 9.77. The Morgan fingerprint density at radius 2 is 2.24 bits per heavy atom. The summed E-state index contributed by atoms with van der Waals surface area (Å²) in [6, 6.07) is 6.68. The molecular formula is C14H20BrNO. The maximum atomic E-state index is 5.32. The molecule has 94 valence electrons. The molecule has 1 atom stereocenters. The second-order valence-corrected chi connectivity index (χ2v) is 5.47. The van der Waals surface area contributed by atoms with Gasteiger partial charge in [0, 0.05) is 10.5 Å². The van der Waals surface area contributed by atoms with Crippen molar-refractivity contribution >= 4 is 15.9 Å². The molecule has 0 bridgehead atoms. The lowest BCUT2D eigenvalue weighted by Crippen LogP contribution is -2.32. The predicted octanol–water partition coefficient (Wildman–Crippen LogP) is 3.91. The van der Waals surface area contributed by atoms with Crippen molar-refractivity contribution in [3.05, 3.63) is 28.2 Å². The molecule has 1 aromatic rings. The molecule has 1 aliphatic carbocycles. The van der Waals surface area contributed by atoms with Crippen LogP contribution in [0, 0.1) is 5.92 Å². The number of hydrogen-bond donors (Lipinski definition) is 1. The molecule has 2 rings (SSSR count). The highest BCUT2D eigenvalue weighted by atomic mass is 79.9. The second-order valence-electron chi connectivity index (χ2n) is 4.61. The fourth-order valence-electron chi connectivity index (χ4n) is 2.41. The van der Waals surface area contributed by atoms with Crippen LogP contribution in [0.15, 0.2) is 22.7 Å². The molecule has 1 aliphatic rings. The van der Waals surface area contributed by atoms with Gasteiger partial charge in [-0.2, -0.15) is 0 Å². The van der Waals surface area contributed by atoms with Crippen LogP contribution in [0.1, 0.15) is 37.8 Å². The van der Waals surface area contributed by atoms with Crippen molar-refractivity contribution in [2.75, 3.05) is 13.7 Å². The molecule has 1 N–H and O–H groups in total. The SMILES string of the molecule is CCNC(c1cc(OC)ccc1Br)C1CCC1. The van der Waals surface area contributed by atoms with E-state index in [1.165, 1.54) is 29.3 Å². The van der Waals surface area contributed by atoms with Crippen molar-refractivity contribution in [2.45, 2.75) is 32.2 Å². The topological polar surface area (TPSA) is 21.3 Å². The number of methoxy groups -OCH3 is 1. The van der Waals surface area contributed by atoms with Crippen LogP contribution in [-0.2, 0) is 0 Å². The molecule has 1 fully saturated rings. The van der Waals surface area contributed by atoms with Crippen molar-refractivity contribution in [1.82, 2.24) is 5.32 Å². The van der Waals surface area contributed by atoms with E-state index in [2.05, 4.69) is 40.3 Å². The summed E-state index contributed by atoms with van der Waals surface area (Å²) in [5, 5.41) is 3.61. The molecule has 0 amide bonds. The minimum atomic E-state index is 0.457. The Balaban J connectivity index is 2.26. The Hall–Kier alpha value is -0.540. The van der Waals surface area contributed by atoms with Gasteiger partial charge in [0.1, 0.15) is 5.75 Å². The highest BCUT2D eigenvalue weighted by molar-refractivity contribution is 9.10. The predicted molar refractivity (Wildman–Crippen MR) is 74.5 cm³/mol. The molecule has 0 aromatic heterocycles. The van der Waals surface area contributed by atoms with Crippen LogP contribution in [-0.4, -0.2) is 13.7 Å². The summed E-state index contributed by atoms with van der Waals surface area (Å²) in [5.41, 5.74) is 1.33. The summed E-state index contributed by atoms with van der Waals surface area (Å²) in [6.07, 6.45) is 4.04. The standard InChI is InChI=1S/C14H20BrNO/c1-3-16-14(10-5-4-6-10)12-9-11(17-2)7-8-13(12)15/h7-10,14,16H,3-6H2,1-2H3. The Bertz CT molecular complexity index is 376. The molecule has 17 heavy (non-hydrogen) atoms. The molecule has 0 heterocycles. The van der Waals surface area contributed by atoms with Crippen LogP contribution in [0.3, 0.4) is 0 Å². The lowest BCUT2D eigenvalue weighted by Gasteiger charge is -2.35. The van der Waals surface area contributed by atoms with Gasteiger partial charge in [0.25, 0.3) is 0 Å². The van der Waals surface area contributed by atoms with Gasteiger partial charge in [0.2, 0.25) is 0 Å². The van der Waals surface area contributed by atoms with E-state index in [4.69, 9.17) is 4.74 Å². The first-order valence-corrected chi connectivity index (χ1v) is 7.12. The Kier molecular flexibility index (Phi) is 4.46. The lowest BCUT2D eigenvalue weighted by molar-refractivity contribution is 0.232. The Morgan fingerprint density at radius 3 is 2.76 bits per heavy atom. The summed E-state index contributed by atoms with van der Waals surface area (Å²) < 4.78 is 6.50. The normalized spacial score (nSPS) is 17.6. The quantitative estimate of drug-likeness (QED) is 0.890. The van der Waals surface area contributed by atoms with E-state index in [0.717, 1.165) is 18.2 Å². The van der Waals surface area contributed by atoms with Gasteiger partial charge in [0.15, 0.2) is 0 Å². The summed E-state index contributed by atoms with van der Waals surface area (Å²) >= 11 is 3.66. The van der Waals surface area contributed by atoms with Gasteiger partial charge in [-0.25, -0.2) is 0 Å². The highest BCUT2D eigenvalue weighted by Gasteiger charge is 2.29. The number of halogens is 1. The average Bonchev–Trinajstić information content (AvgIpc) is 2.27. The van der Waals surface area contributed by atoms with Crippen LogP contribution in [0.2, 0.25) is 0 Å². The summed E-state index contributed by atoms with van der Waals surface area (Å²) in [4.78, 5) is 0. The summed E-state index contributed by atoms with van der Waals surface area (Å²) in [7, 11) is 1.72. The molecule has 1 unspecified atom stereocenters. The van der Waals surface area contributed by atoms with E-state index in [1.807, 2.05) is 6.07 Å². The van der Waals surface area contributed by atoms with Crippen LogP contribution in [0.4, 0.5) is 0 Å². The zero-order valence-electron chi connectivity index (χ0n) is 10.5. The molecule has 0 spiro atoms. The van der Waals surface area contributed by atoms with E-state index in [-0.39, 0.29) is 0 Å². The second kappa shape index (κ2) is 5.87. The average molecular weight is 298 g/mol. The fourth-order valence-corrected chi connectivity index (χ4v) is 2.90. The van der Waals surface area contributed by atoms with Crippen molar-refractivity contribution in [3.63, 3.8) is 0 Å². The molecule has 1 saturated carbocycles. The maximum absolute atomic E-state index is 5.32. The molecule has 2 nitrogen and oxygen atoms in total. The number of rotatable bonds is 5. The van der Waals surface area contributed by atoms with Gasteiger partial charge in [-0.1, -0.05) is 29.3 Å². The van der Waals surface area contributed by atoms with E-state index in [9.17, 15) is 0 Å². The third-order valence-corrected chi connectivity index (χ3v) is 4.31. The van der Waals surface area contributed by atoms with Crippen LogP contribution in [0.25, 0.3) is 0 Å². The maximum Gasteiger partial charge on any atom is 0.119 e. The molecule has 1 aromatic carbocycles. The minimum Gasteiger partial charge on any atom is -0.497 e. The smallest absolute Gasteiger partial charge is 0.119 e. The number of hydrogen-bond acceptors (Lipinski definition) is 2. The van der Waals surface area contributed by atoms with E-state index >= 15 is 0 Å². The monoisotopic (exact) mass is 297 g/mol. The van der Waals surface area contributed by atoms with E-state index < -0.39 is 0 Å². The third kappa shape index (κ3) is 2.83. The zero-order valence-corrected chi connectivity index (χ0v) is 12.1. The third-order valence-electron chi connectivity index (χ3n) is 3.58. The van der Waals surface area contributed by atoms with Gasteiger partial charge in [0.05, 0.1) is 7.11 Å². The van der Waals surface area contributed by atoms with Crippen molar-refractivity contribution < 1.29 is 4.74 Å². The number of nitrogens with one attached hydrogen (secondary N) is 1. The van der Waals surface area contributed by atoms with Gasteiger partial charge in [-0.15, -0.1) is 0 Å².